The van der Waals surface area contributed by atoms with E-state index in [1.165, 1.54) is 5.56 Å². The summed E-state index contributed by atoms with van der Waals surface area (Å²) in [5, 5.41) is 3.48. The number of amides is 1. The Hall–Kier alpha value is -2.50. The number of methoxy groups -OCH3 is 2. The quantitative estimate of drug-likeness (QED) is 0.717. The second-order valence-electron chi connectivity index (χ2n) is 6.65. The number of fused-ring (bicyclic) bond motifs is 1. The number of rotatable bonds is 7. The first kappa shape index (κ1) is 20.2. The largest absolute Gasteiger partial charge is 0.493 e. The van der Waals surface area contributed by atoms with E-state index in [9.17, 15) is 4.79 Å². The zero-order valence-corrected chi connectivity index (χ0v) is 17.0. The van der Waals surface area contributed by atoms with Crippen molar-refractivity contribution in [2.45, 2.75) is 12.5 Å². The number of halogens is 1. The summed E-state index contributed by atoms with van der Waals surface area (Å²) in [5.41, 5.74) is 2.81. The van der Waals surface area contributed by atoms with Gasteiger partial charge in [0.15, 0.2) is 11.5 Å². The molecule has 0 spiro atoms. The van der Waals surface area contributed by atoms with Gasteiger partial charge in [0.05, 0.1) is 30.8 Å². The van der Waals surface area contributed by atoms with Crippen LogP contribution in [0.3, 0.4) is 0 Å². The van der Waals surface area contributed by atoms with E-state index >= 15 is 0 Å². The first-order valence-corrected chi connectivity index (χ1v) is 9.59. The van der Waals surface area contributed by atoms with Crippen LogP contribution >= 0.6 is 11.6 Å². The van der Waals surface area contributed by atoms with Crippen LogP contribution in [0.2, 0.25) is 5.02 Å². The number of carbonyl (C=O) groups is 1. The minimum atomic E-state index is -0.184. The van der Waals surface area contributed by atoms with Crippen LogP contribution in [0.1, 0.15) is 27.5 Å². The summed E-state index contributed by atoms with van der Waals surface area (Å²) < 4.78 is 10.9. The molecule has 2 aromatic carbocycles. The third-order valence-corrected chi connectivity index (χ3v) is 5.38. The van der Waals surface area contributed by atoms with Gasteiger partial charge in [0, 0.05) is 19.6 Å². The second kappa shape index (κ2) is 9.13. The molecule has 6 heteroatoms. The monoisotopic (exact) mass is 400 g/mol. The molecule has 1 aliphatic heterocycles. The van der Waals surface area contributed by atoms with Crippen LogP contribution in [-0.4, -0.2) is 44.7 Å². The smallest absolute Gasteiger partial charge is 0.252 e. The zero-order valence-electron chi connectivity index (χ0n) is 16.2. The van der Waals surface area contributed by atoms with Crippen molar-refractivity contribution >= 4 is 17.5 Å². The molecule has 148 valence electrons. The Balaban J connectivity index is 1.87. The first-order valence-electron chi connectivity index (χ1n) is 9.21. The highest BCUT2D eigenvalue weighted by molar-refractivity contribution is 6.33. The molecular formula is C22H25ClN2O3. The Bertz CT molecular complexity index is 869. The maximum absolute atomic E-state index is 12.6. The van der Waals surface area contributed by atoms with E-state index in [0.717, 1.165) is 30.8 Å². The van der Waals surface area contributed by atoms with Gasteiger partial charge in [0.25, 0.3) is 5.91 Å². The van der Waals surface area contributed by atoms with Crippen LogP contribution in [0.15, 0.2) is 49.1 Å². The van der Waals surface area contributed by atoms with Crippen molar-refractivity contribution in [3.8, 4) is 11.5 Å². The van der Waals surface area contributed by atoms with Gasteiger partial charge in [-0.1, -0.05) is 29.8 Å². The molecule has 0 aliphatic carbocycles. The maximum atomic E-state index is 12.6. The van der Waals surface area contributed by atoms with Crippen LogP contribution < -0.4 is 14.8 Å². The second-order valence-corrected chi connectivity index (χ2v) is 7.05. The molecule has 0 fully saturated rings. The summed E-state index contributed by atoms with van der Waals surface area (Å²) in [6.45, 7) is 5.94. The molecule has 0 saturated heterocycles. The number of benzene rings is 2. The highest BCUT2D eigenvalue weighted by Gasteiger charge is 2.29. The van der Waals surface area contributed by atoms with E-state index in [4.69, 9.17) is 21.1 Å². The van der Waals surface area contributed by atoms with Gasteiger partial charge < -0.3 is 14.8 Å². The number of ether oxygens (including phenoxy) is 2. The summed E-state index contributed by atoms with van der Waals surface area (Å²) in [4.78, 5) is 14.9. The van der Waals surface area contributed by atoms with E-state index in [2.05, 4.69) is 16.8 Å². The van der Waals surface area contributed by atoms with Crippen LogP contribution in [0.5, 0.6) is 11.5 Å². The van der Waals surface area contributed by atoms with Crippen LogP contribution in [0.25, 0.3) is 0 Å². The summed E-state index contributed by atoms with van der Waals surface area (Å²) in [6.07, 6.45) is 2.78. The van der Waals surface area contributed by atoms with Crippen LogP contribution in [0.4, 0.5) is 0 Å². The molecule has 0 bridgehead atoms. The summed E-state index contributed by atoms with van der Waals surface area (Å²) in [6, 6.07) is 11.1. The van der Waals surface area contributed by atoms with Crippen molar-refractivity contribution in [3.05, 3.63) is 70.8 Å². The molecule has 1 heterocycles. The standard InChI is InChI=1S/C22H25ClN2O3/c1-4-10-25-11-9-15-12-20(27-2)21(28-3)13-17(15)19(25)14-24-22(26)16-7-5-6-8-18(16)23/h4-8,12-13,19H,1,9-11,14H2,2-3H3,(H,24,26)/t19-/m0/s1. The number of nitrogens with zero attached hydrogens (tertiary/aromatic N) is 1. The minimum absolute atomic E-state index is 0.00740. The van der Waals surface area contributed by atoms with Crippen LogP contribution in [-0.2, 0) is 6.42 Å². The molecule has 3 rings (SSSR count). The highest BCUT2D eigenvalue weighted by Crippen LogP contribution is 2.37. The summed E-state index contributed by atoms with van der Waals surface area (Å²) in [7, 11) is 3.27. The fourth-order valence-electron chi connectivity index (χ4n) is 3.63. The van der Waals surface area contributed by atoms with E-state index in [1.807, 2.05) is 24.3 Å². The number of hydrogen-bond donors (Lipinski definition) is 1. The minimum Gasteiger partial charge on any atom is -0.493 e. The average Bonchev–Trinajstić information content (AvgIpc) is 2.72. The average molecular weight is 401 g/mol. The normalized spacial score (nSPS) is 16.2. The predicted molar refractivity (Wildman–Crippen MR) is 112 cm³/mol. The number of nitrogens with one attached hydrogen (secondary N) is 1. The molecule has 0 saturated carbocycles. The van der Waals surface area contributed by atoms with Gasteiger partial charge in [0.2, 0.25) is 0 Å². The van der Waals surface area contributed by atoms with Gasteiger partial charge in [0.1, 0.15) is 0 Å². The molecule has 28 heavy (non-hydrogen) atoms. The van der Waals surface area contributed by atoms with Crippen molar-refractivity contribution in [2.24, 2.45) is 0 Å². The van der Waals surface area contributed by atoms with Gasteiger partial charge in [-0.25, -0.2) is 0 Å². The fraction of sp³-hybridized carbons (Fsp3) is 0.318. The lowest BCUT2D eigenvalue weighted by molar-refractivity contribution is 0.0933. The molecule has 0 aromatic heterocycles. The Labute approximate surface area is 170 Å². The molecule has 5 nitrogen and oxygen atoms in total. The number of hydrogen-bond acceptors (Lipinski definition) is 4. The van der Waals surface area contributed by atoms with E-state index in [1.54, 1.807) is 32.4 Å². The lowest BCUT2D eigenvalue weighted by Crippen LogP contribution is -2.42. The van der Waals surface area contributed by atoms with Crippen molar-refractivity contribution in [3.63, 3.8) is 0 Å². The number of carbonyl (C=O) groups excluding carboxylic acids is 1. The van der Waals surface area contributed by atoms with E-state index < -0.39 is 0 Å². The molecule has 0 radical (unpaired) electrons. The van der Waals surface area contributed by atoms with Crippen molar-refractivity contribution in [1.82, 2.24) is 10.2 Å². The molecule has 0 unspecified atom stereocenters. The van der Waals surface area contributed by atoms with Gasteiger partial charge in [-0.15, -0.1) is 6.58 Å². The maximum Gasteiger partial charge on any atom is 0.252 e. The van der Waals surface area contributed by atoms with E-state index in [-0.39, 0.29) is 11.9 Å². The lowest BCUT2D eigenvalue weighted by atomic mass is 9.91. The fourth-order valence-corrected chi connectivity index (χ4v) is 3.86. The lowest BCUT2D eigenvalue weighted by Gasteiger charge is -2.37. The molecule has 1 aliphatic rings. The van der Waals surface area contributed by atoms with Crippen molar-refractivity contribution < 1.29 is 14.3 Å². The van der Waals surface area contributed by atoms with Crippen molar-refractivity contribution in [2.75, 3.05) is 33.9 Å². The van der Waals surface area contributed by atoms with Gasteiger partial charge in [-0.2, -0.15) is 0 Å². The SMILES string of the molecule is C=CCN1CCc2cc(OC)c(OC)cc2[C@@H]1CNC(=O)c1ccccc1Cl. The summed E-state index contributed by atoms with van der Waals surface area (Å²) >= 11 is 6.16. The first-order chi connectivity index (χ1) is 13.6. The summed E-state index contributed by atoms with van der Waals surface area (Å²) in [5.74, 6) is 1.22. The van der Waals surface area contributed by atoms with Gasteiger partial charge in [-0.05, 0) is 41.8 Å². The third kappa shape index (κ3) is 4.16. The molecule has 1 atom stereocenters. The van der Waals surface area contributed by atoms with Crippen LogP contribution in [0, 0.1) is 0 Å². The van der Waals surface area contributed by atoms with Gasteiger partial charge >= 0.3 is 0 Å². The Morgan fingerprint density at radius 3 is 2.68 bits per heavy atom. The third-order valence-electron chi connectivity index (χ3n) is 5.05. The predicted octanol–water partition coefficient (Wildman–Crippen LogP) is 3.87. The molecule has 1 amide bonds. The molecular weight excluding hydrogens is 376 g/mol. The highest BCUT2D eigenvalue weighted by atomic mass is 35.5. The van der Waals surface area contributed by atoms with E-state index in [0.29, 0.717) is 22.9 Å². The van der Waals surface area contributed by atoms with Gasteiger partial charge in [-0.3, -0.25) is 9.69 Å². The molecule has 1 N–H and O–H groups in total. The molecule has 2 aromatic rings. The zero-order chi connectivity index (χ0) is 20.1. The Morgan fingerprint density at radius 1 is 1.29 bits per heavy atom. The van der Waals surface area contributed by atoms with Crippen molar-refractivity contribution in [1.29, 1.82) is 0 Å². The Morgan fingerprint density at radius 2 is 2.00 bits per heavy atom. The Kier molecular flexibility index (Phi) is 6.60. The topological polar surface area (TPSA) is 50.8 Å².